The third-order valence-corrected chi connectivity index (χ3v) is 2.73. The zero-order valence-corrected chi connectivity index (χ0v) is 9.30. The van der Waals surface area contributed by atoms with Crippen molar-refractivity contribution in [3.8, 4) is 0 Å². The van der Waals surface area contributed by atoms with E-state index in [1.807, 2.05) is 0 Å². The van der Waals surface area contributed by atoms with Crippen molar-refractivity contribution in [1.82, 2.24) is 4.98 Å². The van der Waals surface area contributed by atoms with Crippen LogP contribution in [0.1, 0.15) is 24.8 Å². The van der Waals surface area contributed by atoms with Crippen LogP contribution in [0.3, 0.4) is 0 Å². The average molecular weight is 262 g/mol. The summed E-state index contributed by atoms with van der Waals surface area (Å²) in [6.07, 6.45) is -2.44. The number of rotatable bonds is 1. The molecule has 18 heavy (non-hydrogen) atoms. The summed E-state index contributed by atoms with van der Waals surface area (Å²) in [5.41, 5.74) is -1.16. The Morgan fingerprint density at radius 1 is 1.28 bits per heavy atom. The molecule has 2 rings (SSSR count). The van der Waals surface area contributed by atoms with Gasteiger partial charge in [0.2, 0.25) is 5.91 Å². The van der Waals surface area contributed by atoms with Crippen molar-refractivity contribution >= 4 is 11.7 Å². The van der Waals surface area contributed by atoms with E-state index in [0.717, 1.165) is 4.90 Å². The Bertz CT molecular complexity index is 473. The first-order chi connectivity index (χ1) is 8.39. The molecule has 3 nitrogen and oxygen atoms in total. The number of hydrogen-bond acceptors (Lipinski definition) is 2. The molecular formula is C11H10F4N2O. The second-order valence-corrected chi connectivity index (χ2v) is 4.03. The second-order valence-electron chi connectivity index (χ2n) is 4.03. The van der Waals surface area contributed by atoms with E-state index >= 15 is 0 Å². The minimum atomic E-state index is -4.64. The van der Waals surface area contributed by atoms with Crippen LogP contribution >= 0.6 is 0 Å². The molecule has 0 spiro atoms. The monoisotopic (exact) mass is 262 g/mol. The van der Waals surface area contributed by atoms with E-state index in [1.54, 1.807) is 0 Å². The lowest BCUT2D eigenvalue weighted by Gasteiger charge is -2.26. The maximum absolute atomic E-state index is 13.6. The van der Waals surface area contributed by atoms with Crippen LogP contribution in [0, 0.1) is 5.82 Å². The van der Waals surface area contributed by atoms with Gasteiger partial charge in [-0.3, -0.25) is 9.69 Å². The minimum absolute atomic E-state index is 0.266. The fraction of sp³-hybridized carbons (Fsp3) is 0.455. The number of anilines is 1. The zero-order chi connectivity index (χ0) is 13.3. The maximum atomic E-state index is 13.6. The highest BCUT2D eigenvalue weighted by atomic mass is 19.4. The molecule has 0 atom stereocenters. The molecule has 0 N–H and O–H groups in total. The van der Waals surface area contributed by atoms with Crippen molar-refractivity contribution in [2.45, 2.75) is 25.4 Å². The van der Waals surface area contributed by atoms with Gasteiger partial charge in [0.05, 0.1) is 5.56 Å². The zero-order valence-electron chi connectivity index (χ0n) is 9.30. The van der Waals surface area contributed by atoms with E-state index in [1.165, 1.54) is 0 Å². The summed E-state index contributed by atoms with van der Waals surface area (Å²) in [5.74, 6) is -1.76. The lowest BCUT2D eigenvalue weighted by molar-refractivity contribution is -0.138. The van der Waals surface area contributed by atoms with E-state index < -0.39 is 17.6 Å². The van der Waals surface area contributed by atoms with Gasteiger partial charge in [-0.1, -0.05) is 0 Å². The SMILES string of the molecule is O=C1CCCCN1c1ncc(C(F)(F)F)cc1F. The van der Waals surface area contributed by atoms with Crippen LogP contribution in [0.2, 0.25) is 0 Å². The minimum Gasteiger partial charge on any atom is -0.294 e. The Hall–Kier alpha value is -1.66. The summed E-state index contributed by atoms with van der Waals surface area (Å²) in [7, 11) is 0. The molecule has 1 aromatic heterocycles. The molecule has 0 saturated carbocycles. The Kier molecular flexibility index (Phi) is 3.23. The van der Waals surface area contributed by atoms with Crippen LogP contribution in [0.5, 0.6) is 0 Å². The van der Waals surface area contributed by atoms with Gasteiger partial charge in [-0.05, 0) is 18.9 Å². The van der Waals surface area contributed by atoms with Crippen LogP contribution < -0.4 is 4.90 Å². The molecule has 0 bridgehead atoms. The molecule has 1 aliphatic rings. The predicted molar refractivity (Wildman–Crippen MR) is 55.4 cm³/mol. The molecule has 0 unspecified atom stereocenters. The van der Waals surface area contributed by atoms with Crippen LogP contribution in [0.15, 0.2) is 12.3 Å². The molecule has 0 aliphatic carbocycles. The Balaban J connectivity index is 2.32. The summed E-state index contributed by atoms with van der Waals surface area (Å²) < 4.78 is 50.6. The Labute approximate surface area is 100 Å². The van der Waals surface area contributed by atoms with Gasteiger partial charge in [0, 0.05) is 19.2 Å². The van der Waals surface area contributed by atoms with Gasteiger partial charge in [0.25, 0.3) is 0 Å². The number of nitrogens with zero attached hydrogens (tertiary/aromatic N) is 2. The molecule has 98 valence electrons. The highest BCUT2D eigenvalue weighted by Crippen LogP contribution is 2.31. The molecule has 7 heteroatoms. The van der Waals surface area contributed by atoms with Crippen molar-refractivity contribution < 1.29 is 22.4 Å². The summed E-state index contributed by atoms with van der Waals surface area (Å²) >= 11 is 0. The summed E-state index contributed by atoms with van der Waals surface area (Å²) in [5, 5.41) is 0. The standard InChI is InChI=1S/C11H10F4N2O/c12-8-5-7(11(13,14)15)6-16-10(8)17-4-2-1-3-9(17)18/h5-6H,1-4H2. The lowest BCUT2D eigenvalue weighted by atomic mass is 10.1. The third-order valence-electron chi connectivity index (χ3n) is 2.73. The Morgan fingerprint density at radius 3 is 2.56 bits per heavy atom. The van der Waals surface area contributed by atoms with E-state index in [-0.39, 0.29) is 24.7 Å². The predicted octanol–water partition coefficient (Wildman–Crippen LogP) is 2.76. The highest BCUT2D eigenvalue weighted by Gasteiger charge is 2.33. The van der Waals surface area contributed by atoms with Crippen molar-refractivity contribution in [3.05, 3.63) is 23.6 Å². The van der Waals surface area contributed by atoms with Crippen molar-refractivity contribution in [2.75, 3.05) is 11.4 Å². The van der Waals surface area contributed by atoms with Crippen LogP contribution in [-0.4, -0.2) is 17.4 Å². The summed E-state index contributed by atoms with van der Waals surface area (Å²) in [6.45, 7) is 0.286. The van der Waals surface area contributed by atoms with Gasteiger partial charge in [-0.25, -0.2) is 9.37 Å². The van der Waals surface area contributed by atoms with Gasteiger partial charge in [-0.15, -0.1) is 0 Å². The molecule has 1 aromatic rings. The van der Waals surface area contributed by atoms with Gasteiger partial charge in [0.15, 0.2) is 11.6 Å². The molecule has 1 fully saturated rings. The first-order valence-electron chi connectivity index (χ1n) is 5.42. The van der Waals surface area contributed by atoms with Crippen molar-refractivity contribution in [2.24, 2.45) is 0 Å². The first kappa shape index (κ1) is 12.8. The number of alkyl halides is 3. The quantitative estimate of drug-likeness (QED) is 0.729. The van der Waals surface area contributed by atoms with Crippen LogP contribution in [0.4, 0.5) is 23.4 Å². The smallest absolute Gasteiger partial charge is 0.294 e. The van der Waals surface area contributed by atoms with Crippen LogP contribution in [-0.2, 0) is 11.0 Å². The molecule has 1 aliphatic heterocycles. The van der Waals surface area contributed by atoms with Crippen molar-refractivity contribution in [3.63, 3.8) is 0 Å². The normalized spacial score (nSPS) is 17.1. The van der Waals surface area contributed by atoms with Crippen molar-refractivity contribution in [1.29, 1.82) is 0 Å². The average Bonchev–Trinajstić information content (AvgIpc) is 2.29. The molecule has 2 heterocycles. The molecular weight excluding hydrogens is 252 g/mol. The van der Waals surface area contributed by atoms with Gasteiger partial charge < -0.3 is 0 Å². The number of pyridine rings is 1. The largest absolute Gasteiger partial charge is 0.417 e. The molecule has 0 radical (unpaired) electrons. The molecule has 1 amide bonds. The number of hydrogen-bond donors (Lipinski definition) is 0. The molecule has 1 saturated heterocycles. The van der Waals surface area contributed by atoms with E-state index in [9.17, 15) is 22.4 Å². The maximum Gasteiger partial charge on any atom is 0.417 e. The van der Waals surface area contributed by atoms with E-state index in [4.69, 9.17) is 0 Å². The van der Waals surface area contributed by atoms with E-state index in [2.05, 4.69) is 4.98 Å². The van der Waals surface area contributed by atoms with Gasteiger partial charge in [-0.2, -0.15) is 13.2 Å². The third kappa shape index (κ3) is 2.44. The van der Waals surface area contributed by atoms with Crippen LogP contribution in [0.25, 0.3) is 0 Å². The number of carbonyl (C=O) groups is 1. The number of piperidine rings is 1. The number of amides is 1. The summed E-state index contributed by atoms with van der Waals surface area (Å²) in [6, 6.07) is 0.365. The fourth-order valence-electron chi connectivity index (χ4n) is 1.81. The number of halogens is 4. The number of carbonyl (C=O) groups excluding carboxylic acids is 1. The lowest BCUT2D eigenvalue weighted by Crippen LogP contribution is -2.36. The Morgan fingerprint density at radius 2 is 2.00 bits per heavy atom. The van der Waals surface area contributed by atoms with Gasteiger partial charge >= 0.3 is 6.18 Å². The highest BCUT2D eigenvalue weighted by molar-refractivity contribution is 5.93. The second kappa shape index (κ2) is 4.55. The fourth-order valence-corrected chi connectivity index (χ4v) is 1.81. The molecule has 0 aromatic carbocycles. The first-order valence-corrected chi connectivity index (χ1v) is 5.42. The topological polar surface area (TPSA) is 33.2 Å². The number of aromatic nitrogens is 1. The van der Waals surface area contributed by atoms with E-state index in [0.29, 0.717) is 25.1 Å². The van der Waals surface area contributed by atoms with Gasteiger partial charge in [0.1, 0.15) is 0 Å². The summed E-state index contributed by atoms with van der Waals surface area (Å²) in [4.78, 5) is 16.1.